The first-order chi connectivity index (χ1) is 3.81. The van der Waals surface area contributed by atoms with Gasteiger partial charge < -0.3 is 4.79 Å². The van der Waals surface area contributed by atoms with Crippen molar-refractivity contribution in [2.45, 2.75) is 6.42 Å². The Balaban J connectivity index is 3.09. The minimum Gasteiger partial charge on any atom is -0.303 e. The fraction of sp³-hybridized carbons (Fsp3) is 0.750. The van der Waals surface area contributed by atoms with E-state index < -0.39 is 0 Å². The topological polar surface area (TPSA) is 49.7 Å². The van der Waals surface area contributed by atoms with E-state index in [1.807, 2.05) is 0 Å². The largest absolute Gasteiger partial charge is 0.303 e. The van der Waals surface area contributed by atoms with Crippen LogP contribution < -0.4 is 0 Å². The second-order valence-electron chi connectivity index (χ2n) is 1.42. The SMILES string of the molecule is CN(CCC=O)N=O. The third-order valence-electron chi connectivity index (χ3n) is 0.710. The highest BCUT2D eigenvalue weighted by Gasteiger charge is 1.89. The van der Waals surface area contributed by atoms with Gasteiger partial charge in [-0.05, 0) is 0 Å². The Hall–Kier alpha value is -0.930. The molecule has 0 bridgehead atoms. The minimum atomic E-state index is 0.363. The normalized spacial score (nSPS) is 8.12. The smallest absolute Gasteiger partial charge is 0.121 e. The third kappa shape index (κ3) is 3.27. The Labute approximate surface area is 47.4 Å². The van der Waals surface area contributed by atoms with Gasteiger partial charge in [-0.15, -0.1) is 4.91 Å². The molecule has 0 heterocycles. The molecule has 0 fully saturated rings. The molecular formula is C4H8N2O2. The van der Waals surface area contributed by atoms with E-state index in [-0.39, 0.29) is 0 Å². The number of hydrogen-bond donors (Lipinski definition) is 0. The summed E-state index contributed by atoms with van der Waals surface area (Å²) in [5.74, 6) is 0. The second-order valence-corrected chi connectivity index (χ2v) is 1.42. The van der Waals surface area contributed by atoms with E-state index in [1.54, 1.807) is 0 Å². The second kappa shape index (κ2) is 4.23. The molecule has 0 saturated carbocycles. The first-order valence-corrected chi connectivity index (χ1v) is 2.29. The van der Waals surface area contributed by atoms with Crippen LogP contribution in [0.5, 0.6) is 0 Å². The van der Waals surface area contributed by atoms with Crippen molar-refractivity contribution in [2.75, 3.05) is 13.6 Å². The van der Waals surface area contributed by atoms with Gasteiger partial charge in [0, 0.05) is 20.0 Å². The summed E-state index contributed by atoms with van der Waals surface area (Å²) in [6.45, 7) is 0.410. The number of rotatable bonds is 4. The van der Waals surface area contributed by atoms with Gasteiger partial charge in [-0.3, -0.25) is 5.01 Å². The van der Waals surface area contributed by atoms with Crippen molar-refractivity contribution in [3.8, 4) is 0 Å². The van der Waals surface area contributed by atoms with Gasteiger partial charge in [-0.1, -0.05) is 0 Å². The molecule has 0 aromatic carbocycles. The van der Waals surface area contributed by atoms with E-state index >= 15 is 0 Å². The van der Waals surface area contributed by atoms with Gasteiger partial charge in [0.2, 0.25) is 0 Å². The van der Waals surface area contributed by atoms with Crippen molar-refractivity contribution < 1.29 is 4.79 Å². The molecule has 0 atom stereocenters. The van der Waals surface area contributed by atoms with Crippen LogP contribution in [-0.2, 0) is 4.79 Å². The molecule has 0 radical (unpaired) electrons. The Bertz CT molecular complexity index is 84.1. The number of nitroso groups, excluding NO2 is 1. The molecule has 0 rings (SSSR count). The Morgan fingerprint density at radius 1 is 1.75 bits per heavy atom. The quantitative estimate of drug-likeness (QED) is 0.299. The van der Waals surface area contributed by atoms with Crippen molar-refractivity contribution >= 4 is 6.29 Å². The van der Waals surface area contributed by atoms with Crippen molar-refractivity contribution in [2.24, 2.45) is 5.29 Å². The number of hydrogen-bond acceptors (Lipinski definition) is 3. The van der Waals surface area contributed by atoms with Crippen LogP contribution in [0.25, 0.3) is 0 Å². The molecule has 4 nitrogen and oxygen atoms in total. The molecule has 0 spiro atoms. The summed E-state index contributed by atoms with van der Waals surface area (Å²) in [6, 6.07) is 0. The van der Waals surface area contributed by atoms with Crippen LogP contribution in [0.4, 0.5) is 0 Å². The number of carbonyl (C=O) groups is 1. The van der Waals surface area contributed by atoms with Gasteiger partial charge in [0.25, 0.3) is 0 Å². The zero-order chi connectivity index (χ0) is 6.41. The lowest BCUT2D eigenvalue weighted by Gasteiger charge is -2.02. The van der Waals surface area contributed by atoms with Crippen LogP contribution in [0.2, 0.25) is 0 Å². The Morgan fingerprint density at radius 2 is 2.38 bits per heavy atom. The lowest BCUT2D eigenvalue weighted by atomic mass is 10.5. The summed E-state index contributed by atoms with van der Waals surface area (Å²) < 4.78 is 0. The van der Waals surface area contributed by atoms with Crippen molar-refractivity contribution in [3.63, 3.8) is 0 Å². The molecule has 4 heteroatoms. The number of aldehydes is 1. The van der Waals surface area contributed by atoms with Gasteiger partial charge in [0.15, 0.2) is 0 Å². The van der Waals surface area contributed by atoms with E-state index in [9.17, 15) is 9.70 Å². The lowest BCUT2D eigenvalue weighted by Crippen LogP contribution is -2.11. The zero-order valence-electron chi connectivity index (χ0n) is 4.70. The Morgan fingerprint density at radius 3 is 2.75 bits per heavy atom. The van der Waals surface area contributed by atoms with Gasteiger partial charge >= 0.3 is 0 Å². The zero-order valence-corrected chi connectivity index (χ0v) is 4.70. The van der Waals surface area contributed by atoms with Crippen molar-refractivity contribution in [3.05, 3.63) is 4.91 Å². The van der Waals surface area contributed by atoms with Crippen LogP contribution in [0, 0.1) is 4.91 Å². The predicted octanol–water partition coefficient (Wildman–Crippen LogP) is 0.189. The summed E-state index contributed by atoms with van der Waals surface area (Å²) in [5.41, 5.74) is 0. The van der Waals surface area contributed by atoms with Crippen molar-refractivity contribution in [1.29, 1.82) is 0 Å². The monoisotopic (exact) mass is 116 g/mol. The van der Waals surface area contributed by atoms with Gasteiger partial charge in [-0.2, -0.15) is 0 Å². The van der Waals surface area contributed by atoms with Gasteiger partial charge in [-0.25, -0.2) is 0 Å². The standard InChI is InChI=1S/C4H8N2O2/c1-6(5-8)3-2-4-7/h4H,2-3H2,1H3. The summed E-state index contributed by atoms with van der Waals surface area (Å²) in [7, 11) is 1.52. The molecule has 0 aliphatic carbocycles. The minimum absolute atomic E-state index is 0.363. The molecule has 46 valence electrons. The van der Waals surface area contributed by atoms with E-state index in [2.05, 4.69) is 5.29 Å². The first kappa shape index (κ1) is 7.07. The average molecular weight is 116 g/mol. The van der Waals surface area contributed by atoms with Crippen LogP contribution in [0.15, 0.2) is 5.29 Å². The highest BCUT2D eigenvalue weighted by molar-refractivity contribution is 5.49. The average Bonchev–Trinajstić information content (AvgIpc) is 1.83. The summed E-state index contributed by atoms with van der Waals surface area (Å²) >= 11 is 0. The van der Waals surface area contributed by atoms with Crippen LogP contribution in [0.1, 0.15) is 6.42 Å². The van der Waals surface area contributed by atoms with Crippen LogP contribution in [0.3, 0.4) is 0 Å². The number of carbonyl (C=O) groups excluding carboxylic acids is 1. The summed E-state index contributed by atoms with van der Waals surface area (Å²) in [6.07, 6.45) is 1.12. The van der Waals surface area contributed by atoms with Crippen LogP contribution >= 0.6 is 0 Å². The fourth-order valence-corrected chi connectivity index (χ4v) is 0.280. The van der Waals surface area contributed by atoms with Crippen LogP contribution in [-0.4, -0.2) is 24.9 Å². The summed E-state index contributed by atoms with van der Waals surface area (Å²) in [5, 5.41) is 3.73. The first-order valence-electron chi connectivity index (χ1n) is 2.29. The molecular weight excluding hydrogens is 108 g/mol. The maximum Gasteiger partial charge on any atom is 0.121 e. The predicted molar refractivity (Wildman–Crippen MR) is 29.1 cm³/mol. The highest BCUT2D eigenvalue weighted by Crippen LogP contribution is 1.81. The lowest BCUT2D eigenvalue weighted by molar-refractivity contribution is -0.108. The maximum atomic E-state index is 9.65. The molecule has 0 amide bonds. The highest BCUT2D eigenvalue weighted by atomic mass is 16.3. The van der Waals surface area contributed by atoms with Gasteiger partial charge in [0.05, 0.1) is 5.29 Å². The van der Waals surface area contributed by atoms with Gasteiger partial charge in [0.1, 0.15) is 6.29 Å². The fourth-order valence-electron chi connectivity index (χ4n) is 0.280. The third-order valence-corrected chi connectivity index (χ3v) is 0.710. The molecule has 8 heavy (non-hydrogen) atoms. The maximum absolute atomic E-state index is 9.65. The molecule has 0 N–H and O–H groups in total. The summed E-state index contributed by atoms with van der Waals surface area (Å²) in [4.78, 5) is 19.2. The van der Waals surface area contributed by atoms with E-state index in [1.165, 1.54) is 12.1 Å². The molecule has 0 unspecified atom stereocenters. The molecule has 0 saturated heterocycles. The van der Waals surface area contributed by atoms with E-state index in [4.69, 9.17) is 0 Å². The molecule has 0 aliphatic heterocycles. The molecule has 0 aromatic heterocycles. The molecule has 0 aromatic rings. The van der Waals surface area contributed by atoms with E-state index in [0.29, 0.717) is 13.0 Å². The van der Waals surface area contributed by atoms with Crippen molar-refractivity contribution in [1.82, 2.24) is 5.01 Å². The Kier molecular flexibility index (Phi) is 3.74. The van der Waals surface area contributed by atoms with E-state index in [0.717, 1.165) is 6.29 Å². The molecule has 0 aliphatic rings. The number of nitrogens with zero attached hydrogens (tertiary/aromatic N) is 2.